The summed E-state index contributed by atoms with van der Waals surface area (Å²) < 4.78 is 0. The largest absolute Gasteiger partial charge is 0.507 e. The highest BCUT2D eigenvalue weighted by Gasteiger charge is 2.12. The van der Waals surface area contributed by atoms with Gasteiger partial charge in [0.1, 0.15) is 11.5 Å². The molecule has 0 amide bonds. The fraction of sp³-hybridized carbons (Fsp3) is 0.273. The summed E-state index contributed by atoms with van der Waals surface area (Å²) >= 11 is 0. The number of carbonyl (C=O) groups is 2. The van der Waals surface area contributed by atoms with Crippen LogP contribution in [0.25, 0.3) is 0 Å². The topological polar surface area (TPSA) is 54.4 Å². The van der Waals surface area contributed by atoms with E-state index in [1.165, 1.54) is 19.1 Å². The summed E-state index contributed by atoms with van der Waals surface area (Å²) in [6, 6.07) is 4.77. The van der Waals surface area contributed by atoms with Gasteiger partial charge in [0.25, 0.3) is 0 Å². The van der Waals surface area contributed by atoms with E-state index >= 15 is 0 Å². The van der Waals surface area contributed by atoms with Gasteiger partial charge in [0, 0.05) is 0 Å². The van der Waals surface area contributed by atoms with Crippen LogP contribution in [0, 0.1) is 6.92 Å². The van der Waals surface area contributed by atoms with E-state index in [-0.39, 0.29) is 29.3 Å². The fourth-order valence-electron chi connectivity index (χ4n) is 1.20. The minimum atomic E-state index is -0.338. The van der Waals surface area contributed by atoms with E-state index in [0.29, 0.717) is 0 Å². The van der Waals surface area contributed by atoms with Crippen LogP contribution in [0.3, 0.4) is 0 Å². The van der Waals surface area contributed by atoms with Crippen molar-refractivity contribution in [2.75, 3.05) is 0 Å². The number of hydrogen-bond donors (Lipinski definition) is 1. The van der Waals surface area contributed by atoms with E-state index in [4.69, 9.17) is 0 Å². The highest BCUT2D eigenvalue weighted by Crippen LogP contribution is 2.19. The molecule has 0 atom stereocenters. The van der Waals surface area contributed by atoms with Gasteiger partial charge in [-0.1, -0.05) is 6.07 Å². The highest BCUT2D eigenvalue weighted by atomic mass is 16.3. The van der Waals surface area contributed by atoms with Gasteiger partial charge in [0.15, 0.2) is 5.78 Å². The predicted molar refractivity (Wildman–Crippen MR) is 52.5 cm³/mol. The van der Waals surface area contributed by atoms with E-state index in [2.05, 4.69) is 0 Å². The molecule has 3 heteroatoms. The van der Waals surface area contributed by atoms with Gasteiger partial charge >= 0.3 is 0 Å². The summed E-state index contributed by atoms with van der Waals surface area (Å²) in [7, 11) is 0. The van der Waals surface area contributed by atoms with Crippen molar-refractivity contribution in [2.45, 2.75) is 20.3 Å². The number of phenolic OH excluding ortho intramolecular Hbond substituents is 1. The van der Waals surface area contributed by atoms with Crippen molar-refractivity contribution < 1.29 is 14.7 Å². The molecule has 0 bridgehead atoms. The van der Waals surface area contributed by atoms with E-state index < -0.39 is 0 Å². The number of benzene rings is 1. The molecule has 0 aliphatic heterocycles. The monoisotopic (exact) mass is 192 g/mol. The summed E-state index contributed by atoms with van der Waals surface area (Å²) in [6.07, 6.45) is -0.156. The average molecular weight is 192 g/mol. The maximum atomic E-state index is 11.4. The summed E-state index contributed by atoms with van der Waals surface area (Å²) in [5, 5.41) is 9.44. The van der Waals surface area contributed by atoms with Crippen molar-refractivity contribution >= 4 is 11.6 Å². The molecule has 0 saturated heterocycles. The number of hydrogen-bond acceptors (Lipinski definition) is 3. The molecule has 1 aromatic rings. The smallest absolute Gasteiger partial charge is 0.173 e. The number of phenols is 1. The first-order chi connectivity index (χ1) is 6.50. The maximum Gasteiger partial charge on any atom is 0.173 e. The summed E-state index contributed by atoms with van der Waals surface area (Å²) in [6.45, 7) is 3.17. The molecule has 0 radical (unpaired) electrons. The first kappa shape index (κ1) is 10.4. The number of ketones is 2. The molecule has 0 unspecified atom stereocenters. The molecule has 0 heterocycles. The van der Waals surface area contributed by atoms with Crippen molar-refractivity contribution in [3.63, 3.8) is 0 Å². The van der Waals surface area contributed by atoms with Crippen LogP contribution in [-0.2, 0) is 4.79 Å². The minimum absolute atomic E-state index is 0.0590. The number of carbonyl (C=O) groups excluding carboxylic acids is 2. The molecule has 0 spiro atoms. The summed E-state index contributed by atoms with van der Waals surface area (Å²) in [5.41, 5.74) is 1.09. The van der Waals surface area contributed by atoms with Crippen molar-refractivity contribution in [1.82, 2.24) is 0 Å². The summed E-state index contributed by atoms with van der Waals surface area (Å²) in [4.78, 5) is 22.1. The van der Waals surface area contributed by atoms with Crippen LogP contribution in [0.15, 0.2) is 18.2 Å². The number of Topliss-reactive ketones (excluding diaryl/α,β-unsaturated/α-hetero) is 2. The number of rotatable bonds is 3. The van der Waals surface area contributed by atoms with Crippen LogP contribution >= 0.6 is 0 Å². The Balaban J connectivity index is 2.96. The molecule has 74 valence electrons. The third-order valence-corrected chi connectivity index (χ3v) is 1.86. The molecule has 1 aromatic carbocycles. The normalized spacial score (nSPS) is 9.86. The Hall–Kier alpha value is -1.64. The zero-order chi connectivity index (χ0) is 10.7. The van der Waals surface area contributed by atoms with Gasteiger partial charge in [-0.3, -0.25) is 9.59 Å². The highest BCUT2D eigenvalue weighted by molar-refractivity contribution is 6.08. The molecule has 1 N–H and O–H groups in total. The zero-order valence-corrected chi connectivity index (χ0v) is 8.20. The van der Waals surface area contributed by atoms with Gasteiger partial charge < -0.3 is 5.11 Å². The van der Waals surface area contributed by atoms with Gasteiger partial charge in [0.05, 0.1) is 12.0 Å². The lowest BCUT2D eigenvalue weighted by Crippen LogP contribution is -2.05. The minimum Gasteiger partial charge on any atom is -0.507 e. The lowest BCUT2D eigenvalue weighted by atomic mass is 10.0. The van der Waals surface area contributed by atoms with Crippen LogP contribution in [0.2, 0.25) is 0 Å². The molecule has 0 saturated carbocycles. The second-order valence-corrected chi connectivity index (χ2v) is 3.32. The third kappa shape index (κ3) is 2.42. The molecular formula is C11H12O3. The van der Waals surface area contributed by atoms with Gasteiger partial charge in [-0.15, -0.1) is 0 Å². The van der Waals surface area contributed by atoms with Crippen molar-refractivity contribution in [3.05, 3.63) is 29.3 Å². The molecule has 0 aliphatic carbocycles. The molecule has 0 fully saturated rings. The molecular weight excluding hydrogens is 180 g/mol. The lowest BCUT2D eigenvalue weighted by Gasteiger charge is -2.02. The third-order valence-electron chi connectivity index (χ3n) is 1.86. The van der Waals surface area contributed by atoms with Crippen LogP contribution < -0.4 is 0 Å². The van der Waals surface area contributed by atoms with Crippen molar-refractivity contribution in [1.29, 1.82) is 0 Å². The SMILES string of the molecule is CC(=O)CC(=O)c1ccc(C)cc1O. The zero-order valence-electron chi connectivity index (χ0n) is 8.20. The van der Waals surface area contributed by atoms with Gasteiger partial charge in [-0.25, -0.2) is 0 Å². The van der Waals surface area contributed by atoms with Crippen LogP contribution in [0.4, 0.5) is 0 Å². The van der Waals surface area contributed by atoms with Gasteiger partial charge in [-0.2, -0.15) is 0 Å². The van der Waals surface area contributed by atoms with Gasteiger partial charge in [-0.05, 0) is 31.5 Å². The number of aryl methyl sites for hydroxylation is 1. The van der Waals surface area contributed by atoms with Crippen LogP contribution in [0.1, 0.15) is 29.3 Å². The Kier molecular flexibility index (Phi) is 3.02. The second-order valence-electron chi connectivity index (χ2n) is 3.32. The van der Waals surface area contributed by atoms with Crippen molar-refractivity contribution in [2.24, 2.45) is 0 Å². The van der Waals surface area contributed by atoms with E-state index in [1.54, 1.807) is 6.07 Å². The van der Waals surface area contributed by atoms with Crippen molar-refractivity contribution in [3.8, 4) is 5.75 Å². The first-order valence-corrected chi connectivity index (χ1v) is 4.33. The fourth-order valence-corrected chi connectivity index (χ4v) is 1.20. The van der Waals surface area contributed by atoms with E-state index in [9.17, 15) is 14.7 Å². The summed E-state index contributed by atoms with van der Waals surface area (Å²) in [5.74, 6) is -0.596. The Morgan fingerprint density at radius 3 is 2.50 bits per heavy atom. The molecule has 1 rings (SSSR count). The quantitative estimate of drug-likeness (QED) is 0.587. The average Bonchev–Trinajstić information content (AvgIpc) is 2.01. The Morgan fingerprint density at radius 1 is 1.36 bits per heavy atom. The Morgan fingerprint density at radius 2 is 2.00 bits per heavy atom. The maximum absolute atomic E-state index is 11.4. The molecule has 0 aromatic heterocycles. The molecule has 14 heavy (non-hydrogen) atoms. The predicted octanol–water partition coefficient (Wildman–Crippen LogP) is 1.86. The van der Waals surface area contributed by atoms with E-state index in [1.807, 2.05) is 6.92 Å². The second kappa shape index (κ2) is 4.05. The molecule has 3 nitrogen and oxygen atoms in total. The van der Waals surface area contributed by atoms with Crippen LogP contribution in [-0.4, -0.2) is 16.7 Å². The standard InChI is InChI=1S/C11H12O3/c1-7-3-4-9(10(13)5-7)11(14)6-8(2)12/h3-5,13H,6H2,1-2H3. The Labute approximate surface area is 82.4 Å². The van der Waals surface area contributed by atoms with Gasteiger partial charge in [0.2, 0.25) is 0 Å². The number of aromatic hydroxyl groups is 1. The Bertz CT molecular complexity index is 380. The molecule has 0 aliphatic rings. The van der Waals surface area contributed by atoms with E-state index in [0.717, 1.165) is 5.56 Å². The first-order valence-electron chi connectivity index (χ1n) is 4.33. The van der Waals surface area contributed by atoms with Crippen LogP contribution in [0.5, 0.6) is 5.75 Å². The lowest BCUT2D eigenvalue weighted by molar-refractivity contribution is -0.116.